The quantitative estimate of drug-likeness (QED) is 0.517. The number of hydrogen-bond donors (Lipinski definition) is 0. The van der Waals surface area contributed by atoms with Gasteiger partial charge in [0, 0.05) is 12.4 Å². The maximum absolute atomic E-state index is 10.2. The third kappa shape index (κ3) is 5.55. The summed E-state index contributed by atoms with van der Waals surface area (Å²) in [6.07, 6.45) is 3.19. The van der Waals surface area contributed by atoms with Crippen LogP contribution in [0.3, 0.4) is 0 Å². The first kappa shape index (κ1) is 15.5. The van der Waals surface area contributed by atoms with Crippen LogP contribution in [-0.2, 0) is 0 Å². The van der Waals surface area contributed by atoms with E-state index >= 15 is 0 Å². The summed E-state index contributed by atoms with van der Waals surface area (Å²) in [6, 6.07) is 24.6. The van der Waals surface area contributed by atoms with E-state index in [4.69, 9.17) is 11.6 Å². The van der Waals surface area contributed by atoms with Crippen molar-refractivity contribution in [1.82, 2.24) is 4.57 Å². The fourth-order valence-corrected chi connectivity index (χ4v) is 2.83. The highest BCUT2D eigenvalue weighted by molar-refractivity contribution is 7.55. The van der Waals surface area contributed by atoms with Gasteiger partial charge in [-0.3, -0.25) is 9.36 Å². The van der Waals surface area contributed by atoms with Crippen molar-refractivity contribution in [3.8, 4) is 0 Å². The van der Waals surface area contributed by atoms with Crippen LogP contribution in [0.2, 0.25) is 0 Å². The summed E-state index contributed by atoms with van der Waals surface area (Å²) in [7, 11) is 0.777. The molecule has 4 heteroatoms. The van der Waals surface area contributed by atoms with E-state index in [2.05, 4.69) is 60.7 Å². The average Bonchev–Trinajstić information content (AvgIpc) is 3.05. The van der Waals surface area contributed by atoms with Crippen LogP contribution in [0.4, 0.5) is 4.79 Å². The molecule has 1 heterocycles. The molecule has 0 N–H and O–H groups in total. The number of carbonyl (C=O) groups excluding carboxylic acids is 1. The summed E-state index contributed by atoms with van der Waals surface area (Å²) in [5, 5.41) is 2.32. The Morgan fingerprint density at radius 3 is 1.52 bits per heavy atom. The topological polar surface area (TPSA) is 22.0 Å². The minimum Gasteiger partial charge on any atom is -0.281 e. The number of halogens is 1. The lowest BCUT2D eigenvalue weighted by atomic mass is 10.4. The Hall–Kier alpha value is -1.89. The molecular weight excluding hydrogens is 301 g/mol. The zero-order chi connectivity index (χ0) is 14.9. The van der Waals surface area contributed by atoms with Gasteiger partial charge in [0.05, 0.1) is 0 Å². The predicted octanol–water partition coefficient (Wildman–Crippen LogP) is 4.01. The Morgan fingerprint density at radius 2 is 1.19 bits per heavy atom. The van der Waals surface area contributed by atoms with Gasteiger partial charge in [-0.2, -0.15) is 0 Å². The number of rotatable bonds is 2. The van der Waals surface area contributed by atoms with Crippen LogP contribution in [0.15, 0.2) is 85.2 Å². The highest BCUT2D eigenvalue weighted by Crippen LogP contribution is 2.08. The number of hydrogen-bond acceptors (Lipinski definition) is 1. The van der Waals surface area contributed by atoms with Crippen molar-refractivity contribution in [3.63, 3.8) is 0 Å². The molecule has 3 aromatic rings. The standard InChI is InChI=1S/C12H11P.C5H4ClNO/c1-3-7-11(8-4-1)13-12-9-5-2-6-10-12;6-5(8)7-3-1-2-4-7/h1-10,13H;1-4H. The molecule has 0 saturated carbocycles. The minimum absolute atomic E-state index is 0.477. The molecule has 0 aliphatic rings. The van der Waals surface area contributed by atoms with E-state index in [0.717, 1.165) is 8.58 Å². The van der Waals surface area contributed by atoms with Crippen LogP contribution >= 0.6 is 20.2 Å². The van der Waals surface area contributed by atoms with E-state index in [1.54, 1.807) is 24.5 Å². The van der Waals surface area contributed by atoms with Crippen molar-refractivity contribution in [2.24, 2.45) is 0 Å². The molecule has 3 rings (SSSR count). The van der Waals surface area contributed by atoms with Crippen LogP contribution < -0.4 is 10.6 Å². The van der Waals surface area contributed by atoms with Crippen molar-refractivity contribution in [1.29, 1.82) is 0 Å². The second-order valence-electron chi connectivity index (χ2n) is 4.20. The van der Waals surface area contributed by atoms with Gasteiger partial charge in [0.15, 0.2) is 0 Å². The molecule has 0 fully saturated rings. The van der Waals surface area contributed by atoms with Crippen LogP contribution in [0.5, 0.6) is 0 Å². The number of benzene rings is 2. The maximum Gasteiger partial charge on any atom is 0.324 e. The Labute approximate surface area is 131 Å². The largest absolute Gasteiger partial charge is 0.324 e. The van der Waals surface area contributed by atoms with E-state index in [1.807, 2.05) is 0 Å². The molecule has 0 aliphatic carbocycles. The molecule has 0 saturated heterocycles. The molecule has 0 bridgehead atoms. The fourth-order valence-electron chi connectivity index (χ4n) is 1.66. The predicted molar refractivity (Wildman–Crippen MR) is 91.5 cm³/mol. The smallest absolute Gasteiger partial charge is 0.281 e. The molecule has 0 spiro atoms. The van der Waals surface area contributed by atoms with E-state index in [9.17, 15) is 4.79 Å². The number of carbonyl (C=O) groups is 1. The summed E-state index contributed by atoms with van der Waals surface area (Å²) in [5.74, 6) is 0. The van der Waals surface area contributed by atoms with Gasteiger partial charge < -0.3 is 0 Å². The van der Waals surface area contributed by atoms with Crippen molar-refractivity contribution < 1.29 is 4.79 Å². The molecule has 21 heavy (non-hydrogen) atoms. The molecule has 0 aliphatic heterocycles. The van der Waals surface area contributed by atoms with E-state index in [-0.39, 0.29) is 0 Å². The maximum atomic E-state index is 10.2. The first-order valence-corrected chi connectivity index (χ1v) is 7.83. The summed E-state index contributed by atoms with van der Waals surface area (Å²) >= 11 is 5.07. The second kappa shape index (κ2) is 8.41. The number of aromatic nitrogens is 1. The molecule has 0 radical (unpaired) electrons. The zero-order valence-electron chi connectivity index (χ0n) is 11.3. The lowest BCUT2D eigenvalue weighted by Gasteiger charge is -2.00. The Kier molecular flexibility index (Phi) is 6.21. The van der Waals surface area contributed by atoms with E-state index in [1.165, 1.54) is 15.2 Å². The van der Waals surface area contributed by atoms with Crippen LogP contribution in [0, 0.1) is 0 Å². The zero-order valence-corrected chi connectivity index (χ0v) is 13.1. The lowest BCUT2D eigenvalue weighted by Crippen LogP contribution is -2.01. The van der Waals surface area contributed by atoms with Crippen molar-refractivity contribution >= 4 is 36.2 Å². The van der Waals surface area contributed by atoms with Gasteiger partial charge in [0.25, 0.3) is 0 Å². The van der Waals surface area contributed by atoms with Crippen molar-refractivity contribution in [2.75, 3.05) is 0 Å². The SMILES string of the molecule is O=C(Cl)n1cccc1.c1ccc(Pc2ccccc2)cc1. The van der Waals surface area contributed by atoms with Gasteiger partial charge in [-0.05, 0) is 34.3 Å². The Morgan fingerprint density at radius 1 is 0.762 bits per heavy atom. The fraction of sp³-hybridized carbons (Fsp3) is 0. The van der Waals surface area contributed by atoms with Gasteiger partial charge >= 0.3 is 5.37 Å². The average molecular weight is 316 g/mol. The first-order valence-electron chi connectivity index (χ1n) is 6.45. The van der Waals surface area contributed by atoms with Crippen LogP contribution in [0.1, 0.15) is 0 Å². The summed E-state index contributed by atoms with van der Waals surface area (Å²) in [4.78, 5) is 10.2. The lowest BCUT2D eigenvalue weighted by molar-refractivity contribution is 0.261. The van der Waals surface area contributed by atoms with Gasteiger partial charge in [-0.1, -0.05) is 69.2 Å². The summed E-state index contributed by atoms with van der Waals surface area (Å²) in [5.41, 5.74) is 0. The van der Waals surface area contributed by atoms with Gasteiger partial charge in [0.2, 0.25) is 0 Å². The monoisotopic (exact) mass is 315 g/mol. The third-order valence-corrected chi connectivity index (χ3v) is 4.08. The number of nitrogens with zero attached hydrogens (tertiary/aromatic N) is 1. The molecule has 2 aromatic carbocycles. The summed E-state index contributed by atoms with van der Waals surface area (Å²) < 4.78 is 1.29. The first-order chi connectivity index (χ1) is 10.3. The van der Waals surface area contributed by atoms with Gasteiger partial charge in [-0.25, -0.2) is 0 Å². The molecule has 106 valence electrons. The minimum atomic E-state index is -0.477. The van der Waals surface area contributed by atoms with E-state index in [0.29, 0.717) is 0 Å². The van der Waals surface area contributed by atoms with Gasteiger partial charge in [-0.15, -0.1) is 0 Å². The van der Waals surface area contributed by atoms with Crippen LogP contribution in [-0.4, -0.2) is 9.93 Å². The summed E-state index contributed by atoms with van der Waals surface area (Å²) in [6.45, 7) is 0. The molecule has 2 nitrogen and oxygen atoms in total. The second-order valence-corrected chi connectivity index (χ2v) is 5.93. The van der Waals surface area contributed by atoms with Crippen molar-refractivity contribution in [2.45, 2.75) is 0 Å². The Bertz CT molecular complexity index is 616. The van der Waals surface area contributed by atoms with Crippen LogP contribution in [0.25, 0.3) is 0 Å². The molecule has 0 amide bonds. The third-order valence-electron chi connectivity index (χ3n) is 2.64. The normalized spacial score (nSPS) is 9.57. The highest BCUT2D eigenvalue weighted by Gasteiger charge is 1.93. The highest BCUT2D eigenvalue weighted by atomic mass is 35.5. The van der Waals surface area contributed by atoms with Crippen molar-refractivity contribution in [3.05, 3.63) is 85.2 Å². The molecule has 1 aromatic heterocycles. The van der Waals surface area contributed by atoms with E-state index < -0.39 is 5.37 Å². The Balaban J connectivity index is 0.000000173. The molecule has 0 unspecified atom stereocenters. The van der Waals surface area contributed by atoms with Gasteiger partial charge in [0.1, 0.15) is 0 Å². The molecular formula is C17H15ClNOP. The molecule has 0 atom stereocenters.